The number of hydrogen-bond donors (Lipinski definition) is 1. The summed E-state index contributed by atoms with van der Waals surface area (Å²) in [6.45, 7) is 4.82. The number of ether oxygens (including phenoxy) is 1. The van der Waals surface area contributed by atoms with E-state index < -0.39 is 0 Å². The van der Waals surface area contributed by atoms with Crippen molar-refractivity contribution in [3.63, 3.8) is 0 Å². The lowest BCUT2D eigenvalue weighted by atomic mass is 10.2. The minimum atomic E-state index is 0.239. The van der Waals surface area contributed by atoms with Crippen molar-refractivity contribution in [3.05, 3.63) is 40.6 Å². The highest BCUT2D eigenvalue weighted by atomic mass is 79.9. The van der Waals surface area contributed by atoms with Crippen molar-refractivity contribution < 1.29 is 4.74 Å². The van der Waals surface area contributed by atoms with Crippen LogP contribution in [0, 0.1) is 6.92 Å². The summed E-state index contributed by atoms with van der Waals surface area (Å²) in [5.41, 5.74) is 2.21. The Bertz CT molecular complexity index is 533. The third kappa shape index (κ3) is 3.58. The number of methoxy groups -OCH3 is 1. The van der Waals surface area contributed by atoms with Gasteiger partial charge in [0.25, 0.3) is 0 Å². The van der Waals surface area contributed by atoms with Crippen molar-refractivity contribution in [2.75, 3.05) is 19.0 Å². The van der Waals surface area contributed by atoms with Gasteiger partial charge in [0.2, 0.25) is 5.95 Å². The predicted molar refractivity (Wildman–Crippen MR) is 81.0 cm³/mol. The lowest BCUT2D eigenvalue weighted by molar-refractivity contribution is 0.163. The molecule has 0 aliphatic rings. The van der Waals surface area contributed by atoms with Crippen molar-refractivity contribution >= 4 is 27.6 Å². The molecule has 0 bridgehead atoms. The first-order valence-electron chi connectivity index (χ1n) is 6.16. The number of anilines is 2. The maximum atomic E-state index is 5.19. The third-order valence-corrected chi connectivity index (χ3v) is 3.31. The minimum absolute atomic E-state index is 0.239. The molecule has 1 heterocycles. The molecule has 19 heavy (non-hydrogen) atoms. The monoisotopic (exact) mass is 323 g/mol. The van der Waals surface area contributed by atoms with Crippen LogP contribution in [-0.4, -0.2) is 23.3 Å². The summed E-state index contributed by atoms with van der Waals surface area (Å²) in [5.74, 6) is 0.821. The summed E-state index contributed by atoms with van der Waals surface area (Å²) in [5, 5.41) is 3.34. The van der Waals surface area contributed by atoms with Gasteiger partial charge in [0.15, 0.2) is 0 Å². The Morgan fingerprint density at radius 1 is 1.42 bits per heavy atom. The molecule has 1 unspecified atom stereocenters. The SMILES string of the molecule is COCC(C)n1ccnc1Nc1cc(C)cc(Br)c1. The molecule has 1 aromatic carbocycles. The Hall–Kier alpha value is -1.33. The van der Waals surface area contributed by atoms with Gasteiger partial charge in [-0.15, -0.1) is 0 Å². The van der Waals surface area contributed by atoms with Crippen LogP contribution >= 0.6 is 15.9 Å². The highest BCUT2D eigenvalue weighted by Gasteiger charge is 2.10. The first-order chi connectivity index (χ1) is 9.10. The molecule has 0 fully saturated rings. The fourth-order valence-corrected chi connectivity index (χ4v) is 2.63. The van der Waals surface area contributed by atoms with Gasteiger partial charge in [0.1, 0.15) is 0 Å². The van der Waals surface area contributed by atoms with E-state index in [0.29, 0.717) is 6.61 Å². The molecule has 1 N–H and O–H groups in total. The summed E-state index contributed by atoms with van der Waals surface area (Å²) in [6.07, 6.45) is 3.75. The molecule has 0 saturated heterocycles. The number of rotatable bonds is 5. The summed E-state index contributed by atoms with van der Waals surface area (Å²) in [6, 6.07) is 6.44. The van der Waals surface area contributed by atoms with Crippen LogP contribution < -0.4 is 5.32 Å². The number of halogens is 1. The second-order valence-corrected chi connectivity index (χ2v) is 5.52. The summed E-state index contributed by atoms with van der Waals surface area (Å²) in [4.78, 5) is 4.36. The van der Waals surface area contributed by atoms with Gasteiger partial charge >= 0.3 is 0 Å². The molecule has 0 spiro atoms. The summed E-state index contributed by atoms with van der Waals surface area (Å²) >= 11 is 3.50. The van der Waals surface area contributed by atoms with Gasteiger partial charge < -0.3 is 14.6 Å². The lowest BCUT2D eigenvalue weighted by Crippen LogP contribution is -2.12. The van der Waals surface area contributed by atoms with E-state index >= 15 is 0 Å². The highest BCUT2D eigenvalue weighted by molar-refractivity contribution is 9.10. The van der Waals surface area contributed by atoms with E-state index in [2.05, 4.69) is 56.8 Å². The summed E-state index contributed by atoms with van der Waals surface area (Å²) in [7, 11) is 1.71. The topological polar surface area (TPSA) is 39.1 Å². The van der Waals surface area contributed by atoms with E-state index in [1.807, 2.05) is 12.3 Å². The second-order valence-electron chi connectivity index (χ2n) is 4.60. The van der Waals surface area contributed by atoms with E-state index in [0.717, 1.165) is 16.1 Å². The molecular weight excluding hydrogens is 306 g/mol. The van der Waals surface area contributed by atoms with E-state index in [9.17, 15) is 0 Å². The number of nitrogens with one attached hydrogen (secondary N) is 1. The maximum Gasteiger partial charge on any atom is 0.207 e. The van der Waals surface area contributed by atoms with E-state index in [-0.39, 0.29) is 6.04 Å². The van der Waals surface area contributed by atoms with Crippen LogP contribution in [0.1, 0.15) is 18.5 Å². The average molecular weight is 324 g/mol. The number of aryl methyl sites for hydroxylation is 1. The zero-order valence-corrected chi connectivity index (χ0v) is 12.9. The Labute approximate surface area is 121 Å². The molecule has 0 aliphatic carbocycles. The number of imidazole rings is 1. The molecule has 1 aromatic heterocycles. The number of aromatic nitrogens is 2. The molecule has 102 valence electrons. The molecule has 2 aromatic rings. The van der Waals surface area contributed by atoms with Gasteiger partial charge in [0.05, 0.1) is 12.6 Å². The molecular formula is C14H18BrN3O. The van der Waals surface area contributed by atoms with Gasteiger partial charge in [-0.25, -0.2) is 4.98 Å². The molecule has 2 rings (SSSR count). The van der Waals surface area contributed by atoms with E-state index in [1.54, 1.807) is 13.3 Å². The van der Waals surface area contributed by atoms with Crippen molar-refractivity contribution in [2.45, 2.75) is 19.9 Å². The zero-order valence-electron chi connectivity index (χ0n) is 11.4. The Morgan fingerprint density at radius 3 is 2.89 bits per heavy atom. The van der Waals surface area contributed by atoms with Crippen LogP contribution in [0.25, 0.3) is 0 Å². The van der Waals surface area contributed by atoms with Gasteiger partial charge in [0, 0.05) is 29.7 Å². The number of benzene rings is 1. The first kappa shape index (κ1) is 14.1. The number of nitrogens with zero attached hydrogens (tertiary/aromatic N) is 2. The van der Waals surface area contributed by atoms with Crippen LogP contribution in [-0.2, 0) is 4.74 Å². The standard InChI is InChI=1S/C14H18BrN3O/c1-10-6-12(15)8-13(7-10)17-14-16-4-5-18(14)11(2)9-19-3/h4-8,11H,9H2,1-3H3,(H,16,17). The maximum absolute atomic E-state index is 5.19. The van der Waals surface area contributed by atoms with Gasteiger partial charge in [-0.2, -0.15) is 0 Å². The molecule has 1 atom stereocenters. The van der Waals surface area contributed by atoms with Crippen molar-refractivity contribution in [3.8, 4) is 0 Å². The van der Waals surface area contributed by atoms with Gasteiger partial charge in [-0.1, -0.05) is 15.9 Å². The van der Waals surface area contributed by atoms with Crippen LogP contribution in [0.4, 0.5) is 11.6 Å². The largest absolute Gasteiger partial charge is 0.383 e. The Balaban J connectivity index is 2.21. The third-order valence-electron chi connectivity index (χ3n) is 2.85. The second kappa shape index (κ2) is 6.21. The molecule has 4 nitrogen and oxygen atoms in total. The fourth-order valence-electron chi connectivity index (χ4n) is 2.02. The van der Waals surface area contributed by atoms with Crippen molar-refractivity contribution in [2.24, 2.45) is 0 Å². The summed E-state index contributed by atoms with van der Waals surface area (Å²) < 4.78 is 8.31. The normalized spacial score (nSPS) is 12.4. The Morgan fingerprint density at radius 2 is 2.21 bits per heavy atom. The molecule has 0 aliphatic heterocycles. The highest BCUT2D eigenvalue weighted by Crippen LogP contribution is 2.23. The van der Waals surface area contributed by atoms with Crippen LogP contribution in [0.15, 0.2) is 35.1 Å². The average Bonchev–Trinajstić information content (AvgIpc) is 2.76. The Kier molecular flexibility index (Phi) is 4.61. The smallest absolute Gasteiger partial charge is 0.207 e. The lowest BCUT2D eigenvalue weighted by Gasteiger charge is -2.16. The van der Waals surface area contributed by atoms with Crippen LogP contribution in [0.2, 0.25) is 0 Å². The van der Waals surface area contributed by atoms with Crippen molar-refractivity contribution in [1.82, 2.24) is 9.55 Å². The predicted octanol–water partition coefficient (Wildman–Crippen LogP) is 3.91. The molecule has 0 amide bonds. The van der Waals surface area contributed by atoms with E-state index in [4.69, 9.17) is 4.74 Å². The molecule has 0 saturated carbocycles. The zero-order chi connectivity index (χ0) is 13.8. The van der Waals surface area contributed by atoms with Gasteiger partial charge in [-0.3, -0.25) is 0 Å². The fraction of sp³-hybridized carbons (Fsp3) is 0.357. The quantitative estimate of drug-likeness (QED) is 0.906. The molecule has 5 heteroatoms. The first-order valence-corrected chi connectivity index (χ1v) is 6.95. The van der Waals surface area contributed by atoms with E-state index in [1.165, 1.54) is 5.56 Å². The van der Waals surface area contributed by atoms with Crippen LogP contribution in [0.3, 0.4) is 0 Å². The van der Waals surface area contributed by atoms with Gasteiger partial charge in [-0.05, 0) is 37.6 Å². The van der Waals surface area contributed by atoms with Crippen LogP contribution in [0.5, 0.6) is 0 Å². The van der Waals surface area contributed by atoms with Crippen molar-refractivity contribution in [1.29, 1.82) is 0 Å². The molecule has 0 radical (unpaired) electrons. The minimum Gasteiger partial charge on any atom is -0.383 e. The number of hydrogen-bond acceptors (Lipinski definition) is 3.